The van der Waals surface area contributed by atoms with Crippen LogP contribution in [0.5, 0.6) is 5.75 Å². The molecular formula is C17H13Br2NO3S. The van der Waals surface area contributed by atoms with Gasteiger partial charge in [0.15, 0.2) is 5.75 Å². The topological polar surface area (TPSA) is 56.3 Å². The summed E-state index contributed by atoms with van der Waals surface area (Å²) in [4.78, 5) is 4.41. The Morgan fingerprint density at radius 3 is 2.50 bits per heavy atom. The van der Waals surface area contributed by atoms with E-state index < -0.39 is 10.1 Å². The molecule has 0 fully saturated rings. The van der Waals surface area contributed by atoms with Crippen LogP contribution in [0.1, 0.15) is 11.1 Å². The molecule has 0 spiro atoms. The molecule has 1 heterocycles. The number of hydrogen-bond acceptors (Lipinski definition) is 4. The predicted octanol–water partition coefficient (Wildman–Crippen LogP) is 5.14. The number of benzene rings is 2. The highest BCUT2D eigenvalue weighted by atomic mass is 79.9. The lowest BCUT2D eigenvalue weighted by Gasteiger charge is -2.13. The molecule has 24 heavy (non-hydrogen) atoms. The monoisotopic (exact) mass is 469 g/mol. The van der Waals surface area contributed by atoms with Gasteiger partial charge < -0.3 is 4.18 Å². The second-order valence-electron chi connectivity index (χ2n) is 5.38. The van der Waals surface area contributed by atoms with Gasteiger partial charge in [-0.25, -0.2) is 0 Å². The first-order valence-electron chi connectivity index (χ1n) is 7.04. The van der Waals surface area contributed by atoms with Gasteiger partial charge in [-0.1, -0.05) is 39.7 Å². The predicted molar refractivity (Wildman–Crippen MR) is 101 cm³/mol. The molecule has 124 valence electrons. The molecule has 7 heteroatoms. The van der Waals surface area contributed by atoms with Crippen LogP contribution >= 0.6 is 31.9 Å². The first kappa shape index (κ1) is 17.4. The first-order chi connectivity index (χ1) is 11.3. The maximum atomic E-state index is 12.7. The molecule has 0 aliphatic carbocycles. The van der Waals surface area contributed by atoms with Crippen LogP contribution in [0.25, 0.3) is 10.9 Å². The zero-order valence-electron chi connectivity index (χ0n) is 12.9. The fourth-order valence-corrected chi connectivity index (χ4v) is 5.09. The van der Waals surface area contributed by atoms with Crippen LogP contribution in [0.4, 0.5) is 0 Å². The van der Waals surface area contributed by atoms with E-state index in [0.29, 0.717) is 15.6 Å². The summed E-state index contributed by atoms with van der Waals surface area (Å²) >= 11 is 6.82. The molecule has 1 aromatic heterocycles. The Morgan fingerprint density at radius 1 is 1.04 bits per heavy atom. The molecule has 0 amide bonds. The average Bonchev–Trinajstić information content (AvgIpc) is 2.51. The Bertz CT molecular complexity index is 1050. The summed E-state index contributed by atoms with van der Waals surface area (Å²) in [5.41, 5.74) is 2.09. The van der Waals surface area contributed by atoms with Crippen molar-refractivity contribution in [2.24, 2.45) is 0 Å². The van der Waals surface area contributed by atoms with E-state index in [1.165, 1.54) is 0 Å². The van der Waals surface area contributed by atoms with Gasteiger partial charge in [0.25, 0.3) is 0 Å². The quantitative estimate of drug-likeness (QED) is 0.497. The highest BCUT2D eigenvalue weighted by Gasteiger charge is 2.23. The normalized spacial score (nSPS) is 11.7. The van der Waals surface area contributed by atoms with E-state index in [1.807, 2.05) is 19.1 Å². The maximum Gasteiger partial charge on any atom is 0.339 e. The van der Waals surface area contributed by atoms with E-state index >= 15 is 0 Å². The number of hydrogen-bond donors (Lipinski definition) is 0. The molecule has 0 saturated heterocycles. The third-order valence-corrected chi connectivity index (χ3v) is 6.17. The highest BCUT2D eigenvalue weighted by molar-refractivity contribution is 9.11. The fraction of sp³-hybridized carbons (Fsp3) is 0.118. The van der Waals surface area contributed by atoms with Gasteiger partial charge >= 0.3 is 10.1 Å². The molecule has 0 aliphatic heterocycles. The number of aryl methyl sites for hydroxylation is 2. The molecule has 0 N–H and O–H groups in total. The number of fused-ring (bicyclic) bond motifs is 1. The molecule has 0 bridgehead atoms. The molecule has 0 aliphatic rings. The van der Waals surface area contributed by atoms with Gasteiger partial charge in [0, 0.05) is 16.1 Å². The highest BCUT2D eigenvalue weighted by Crippen LogP contribution is 2.38. The summed E-state index contributed by atoms with van der Waals surface area (Å²) < 4.78 is 32.2. The average molecular weight is 471 g/mol. The van der Waals surface area contributed by atoms with Gasteiger partial charge in [-0.15, -0.1) is 0 Å². The number of rotatable bonds is 3. The third-order valence-electron chi connectivity index (χ3n) is 3.54. The number of nitrogens with zero attached hydrogens (tertiary/aromatic N) is 1. The van der Waals surface area contributed by atoms with Crippen molar-refractivity contribution in [1.82, 2.24) is 4.98 Å². The summed E-state index contributed by atoms with van der Waals surface area (Å²) in [6, 6.07) is 10.5. The van der Waals surface area contributed by atoms with Crippen LogP contribution in [-0.2, 0) is 10.1 Å². The van der Waals surface area contributed by atoms with Crippen LogP contribution < -0.4 is 4.18 Å². The Balaban J connectivity index is 2.16. The number of aromatic nitrogens is 1. The summed E-state index contributed by atoms with van der Waals surface area (Å²) in [7, 11) is -3.97. The lowest BCUT2D eigenvalue weighted by Crippen LogP contribution is -2.12. The summed E-state index contributed by atoms with van der Waals surface area (Å²) in [5, 5.41) is 0.770. The molecule has 2 aromatic carbocycles. The Hall–Kier alpha value is -1.44. The Morgan fingerprint density at radius 2 is 1.79 bits per heavy atom. The minimum atomic E-state index is -3.97. The largest absolute Gasteiger partial charge is 0.375 e. The van der Waals surface area contributed by atoms with Crippen molar-refractivity contribution in [3.05, 3.63) is 62.7 Å². The van der Waals surface area contributed by atoms with Crippen LogP contribution in [0.15, 0.2) is 56.4 Å². The van der Waals surface area contributed by atoms with E-state index in [-0.39, 0.29) is 10.6 Å². The second-order valence-corrected chi connectivity index (χ2v) is 8.60. The molecule has 0 radical (unpaired) electrons. The minimum Gasteiger partial charge on any atom is -0.375 e. The molecular weight excluding hydrogens is 458 g/mol. The van der Waals surface area contributed by atoms with Gasteiger partial charge in [0.1, 0.15) is 10.4 Å². The molecule has 0 saturated carbocycles. The van der Waals surface area contributed by atoms with E-state index in [0.717, 1.165) is 15.4 Å². The minimum absolute atomic E-state index is 0.145. The van der Waals surface area contributed by atoms with Gasteiger partial charge in [-0.05, 0) is 53.5 Å². The summed E-state index contributed by atoms with van der Waals surface area (Å²) in [5.74, 6) is 0.175. The van der Waals surface area contributed by atoms with Crippen molar-refractivity contribution >= 4 is 52.9 Å². The lowest BCUT2D eigenvalue weighted by atomic mass is 10.2. The molecule has 4 nitrogen and oxygen atoms in total. The standard InChI is InChI=1S/C17H13Br2NO3S/c1-10-5-6-15(11(2)8-10)24(21,22)23-17-14(19)9-13(18)12-4-3-7-20-16(12)17/h3-9H,1-2H3. The van der Waals surface area contributed by atoms with E-state index in [1.54, 1.807) is 37.4 Å². The smallest absolute Gasteiger partial charge is 0.339 e. The summed E-state index contributed by atoms with van der Waals surface area (Å²) in [6.45, 7) is 3.66. The van der Waals surface area contributed by atoms with Gasteiger partial charge in [-0.2, -0.15) is 8.42 Å². The zero-order valence-corrected chi connectivity index (χ0v) is 16.9. The first-order valence-corrected chi connectivity index (χ1v) is 10.0. The third kappa shape index (κ3) is 3.20. The van der Waals surface area contributed by atoms with Crippen LogP contribution in [0.2, 0.25) is 0 Å². The van der Waals surface area contributed by atoms with Crippen molar-refractivity contribution < 1.29 is 12.6 Å². The molecule has 3 aromatic rings. The van der Waals surface area contributed by atoms with Crippen molar-refractivity contribution in [1.29, 1.82) is 0 Å². The number of pyridine rings is 1. The van der Waals surface area contributed by atoms with Crippen LogP contribution in [0, 0.1) is 13.8 Å². The maximum absolute atomic E-state index is 12.7. The lowest BCUT2D eigenvalue weighted by molar-refractivity contribution is 0.486. The van der Waals surface area contributed by atoms with Crippen molar-refractivity contribution in [3.8, 4) is 5.75 Å². The van der Waals surface area contributed by atoms with Crippen LogP contribution in [0.3, 0.4) is 0 Å². The second kappa shape index (κ2) is 6.46. The van der Waals surface area contributed by atoms with Crippen molar-refractivity contribution in [3.63, 3.8) is 0 Å². The van der Waals surface area contributed by atoms with Crippen LogP contribution in [-0.4, -0.2) is 13.4 Å². The molecule has 0 unspecified atom stereocenters. The summed E-state index contributed by atoms with van der Waals surface area (Å²) in [6.07, 6.45) is 1.60. The van der Waals surface area contributed by atoms with Gasteiger partial charge in [-0.3, -0.25) is 4.98 Å². The van der Waals surface area contributed by atoms with E-state index in [2.05, 4.69) is 36.8 Å². The zero-order chi connectivity index (χ0) is 17.5. The van der Waals surface area contributed by atoms with Gasteiger partial charge in [0.2, 0.25) is 0 Å². The number of halogens is 2. The Labute approximate surface area is 157 Å². The SMILES string of the molecule is Cc1ccc(S(=O)(=O)Oc2c(Br)cc(Br)c3cccnc23)c(C)c1. The van der Waals surface area contributed by atoms with E-state index in [9.17, 15) is 8.42 Å². The van der Waals surface area contributed by atoms with Gasteiger partial charge in [0.05, 0.1) is 4.47 Å². The van der Waals surface area contributed by atoms with E-state index in [4.69, 9.17) is 4.18 Å². The Kier molecular flexibility index (Phi) is 4.68. The molecule has 3 rings (SSSR count). The fourth-order valence-electron chi connectivity index (χ4n) is 2.46. The van der Waals surface area contributed by atoms with Crippen molar-refractivity contribution in [2.75, 3.05) is 0 Å². The molecule has 0 atom stereocenters. The van der Waals surface area contributed by atoms with Crippen molar-refractivity contribution in [2.45, 2.75) is 18.7 Å².